The van der Waals surface area contributed by atoms with Gasteiger partial charge in [0.15, 0.2) is 0 Å². The Balaban J connectivity index is 1.69. The highest BCUT2D eigenvalue weighted by Gasteiger charge is 2.15. The third-order valence-electron chi connectivity index (χ3n) is 3.49. The van der Waals surface area contributed by atoms with E-state index in [4.69, 9.17) is 0 Å². The van der Waals surface area contributed by atoms with Gasteiger partial charge < -0.3 is 15.3 Å². The first-order valence-corrected chi connectivity index (χ1v) is 8.15. The fraction of sp³-hybridized carbons (Fsp3) is 0.176. The van der Waals surface area contributed by atoms with Crippen LogP contribution in [0.4, 0.5) is 5.69 Å². The zero-order valence-corrected chi connectivity index (χ0v) is 13.7. The van der Waals surface area contributed by atoms with E-state index in [0.717, 1.165) is 10.4 Å². The Morgan fingerprint density at radius 3 is 2.52 bits per heavy atom. The second kappa shape index (κ2) is 6.34. The van der Waals surface area contributed by atoms with Crippen molar-refractivity contribution in [1.29, 1.82) is 0 Å². The molecule has 0 radical (unpaired) electrons. The molecule has 0 saturated heterocycles. The first-order valence-electron chi connectivity index (χ1n) is 7.27. The molecule has 0 aliphatic carbocycles. The average molecular weight is 327 g/mol. The van der Waals surface area contributed by atoms with E-state index in [-0.39, 0.29) is 16.8 Å². The Kier molecular flexibility index (Phi) is 4.25. The largest absolute Gasteiger partial charge is 0.325 e. The lowest BCUT2D eigenvalue weighted by Crippen LogP contribution is -2.22. The molecule has 1 atom stereocenters. The third kappa shape index (κ3) is 3.65. The summed E-state index contributed by atoms with van der Waals surface area (Å²) in [4.78, 5) is 30.0. The highest BCUT2D eigenvalue weighted by molar-refractivity contribution is 8.00. The smallest absolute Gasteiger partial charge is 0.323 e. The number of rotatable bonds is 4. The normalized spacial score (nSPS) is 12.3. The number of fused-ring (bicyclic) bond motifs is 1. The van der Waals surface area contributed by atoms with Crippen LogP contribution in [0.15, 0.2) is 52.2 Å². The summed E-state index contributed by atoms with van der Waals surface area (Å²) < 4.78 is 0. The zero-order chi connectivity index (χ0) is 16.4. The van der Waals surface area contributed by atoms with Crippen molar-refractivity contribution in [3.05, 3.63) is 58.5 Å². The van der Waals surface area contributed by atoms with Crippen LogP contribution in [-0.2, 0) is 4.79 Å². The van der Waals surface area contributed by atoms with Crippen LogP contribution in [-0.4, -0.2) is 21.1 Å². The molecule has 2 aromatic carbocycles. The molecule has 6 heteroatoms. The summed E-state index contributed by atoms with van der Waals surface area (Å²) in [6.45, 7) is 3.91. The van der Waals surface area contributed by atoms with Gasteiger partial charge in [-0.1, -0.05) is 17.7 Å². The number of anilines is 1. The highest BCUT2D eigenvalue weighted by atomic mass is 32.2. The topological polar surface area (TPSA) is 77.8 Å². The number of amides is 1. The van der Waals surface area contributed by atoms with Crippen LogP contribution < -0.4 is 11.0 Å². The fourth-order valence-corrected chi connectivity index (χ4v) is 3.10. The molecule has 3 aromatic rings. The van der Waals surface area contributed by atoms with Crippen molar-refractivity contribution >= 4 is 34.4 Å². The summed E-state index contributed by atoms with van der Waals surface area (Å²) in [7, 11) is 0. The van der Waals surface area contributed by atoms with E-state index in [1.165, 1.54) is 17.3 Å². The van der Waals surface area contributed by atoms with Gasteiger partial charge in [-0.15, -0.1) is 11.8 Å². The number of aromatic amines is 2. The van der Waals surface area contributed by atoms with Crippen LogP contribution in [0, 0.1) is 6.92 Å². The first-order chi connectivity index (χ1) is 11.0. The number of imidazole rings is 1. The van der Waals surface area contributed by atoms with E-state index < -0.39 is 0 Å². The molecule has 0 aliphatic heterocycles. The van der Waals surface area contributed by atoms with E-state index in [1.807, 2.05) is 38.1 Å². The molecule has 1 amide bonds. The molecular formula is C17H17N3O2S. The van der Waals surface area contributed by atoms with Crippen molar-refractivity contribution in [2.45, 2.75) is 24.0 Å². The van der Waals surface area contributed by atoms with E-state index in [1.54, 1.807) is 18.2 Å². The Morgan fingerprint density at radius 2 is 1.78 bits per heavy atom. The van der Waals surface area contributed by atoms with Gasteiger partial charge in [-0.25, -0.2) is 4.79 Å². The molecule has 5 nitrogen and oxygen atoms in total. The maximum absolute atomic E-state index is 12.3. The predicted octanol–water partition coefficient (Wildman–Crippen LogP) is 3.28. The molecule has 3 N–H and O–H groups in total. The number of aryl methyl sites for hydroxylation is 1. The summed E-state index contributed by atoms with van der Waals surface area (Å²) in [5.74, 6) is -0.0761. The van der Waals surface area contributed by atoms with Crippen LogP contribution in [0.1, 0.15) is 12.5 Å². The summed E-state index contributed by atoms with van der Waals surface area (Å²) in [5.41, 5.74) is 2.99. The van der Waals surface area contributed by atoms with E-state index >= 15 is 0 Å². The SMILES string of the molecule is Cc1ccc(S[C@@H](C)C(=O)Nc2ccc3[nH]c(=O)[nH]c3c2)cc1. The van der Waals surface area contributed by atoms with Crippen LogP contribution in [0.25, 0.3) is 11.0 Å². The van der Waals surface area contributed by atoms with Gasteiger partial charge in [0.25, 0.3) is 0 Å². The molecular weight excluding hydrogens is 310 g/mol. The summed E-state index contributed by atoms with van der Waals surface area (Å²) >= 11 is 1.51. The fourth-order valence-electron chi connectivity index (χ4n) is 2.23. The summed E-state index contributed by atoms with van der Waals surface area (Å²) in [6, 6.07) is 13.4. The molecule has 23 heavy (non-hydrogen) atoms. The maximum Gasteiger partial charge on any atom is 0.323 e. The van der Waals surface area contributed by atoms with Crippen molar-refractivity contribution in [3.8, 4) is 0 Å². The van der Waals surface area contributed by atoms with Crippen molar-refractivity contribution in [2.24, 2.45) is 0 Å². The van der Waals surface area contributed by atoms with Crippen LogP contribution in [0.5, 0.6) is 0 Å². The Labute approximate surface area is 137 Å². The van der Waals surface area contributed by atoms with Gasteiger partial charge in [-0.2, -0.15) is 0 Å². The molecule has 0 unspecified atom stereocenters. The van der Waals surface area contributed by atoms with E-state index in [2.05, 4.69) is 15.3 Å². The van der Waals surface area contributed by atoms with Gasteiger partial charge in [0.2, 0.25) is 5.91 Å². The molecule has 0 spiro atoms. The van der Waals surface area contributed by atoms with Crippen LogP contribution in [0.3, 0.4) is 0 Å². The lowest BCUT2D eigenvalue weighted by Gasteiger charge is -2.12. The number of H-pyrrole nitrogens is 2. The van der Waals surface area contributed by atoms with E-state index in [9.17, 15) is 9.59 Å². The molecule has 0 saturated carbocycles. The molecule has 0 bridgehead atoms. The van der Waals surface area contributed by atoms with Gasteiger partial charge in [0, 0.05) is 10.6 Å². The monoisotopic (exact) mass is 327 g/mol. The molecule has 3 rings (SSSR count). The van der Waals surface area contributed by atoms with Gasteiger partial charge in [-0.05, 0) is 44.2 Å². The lowest BCUT2D eigenvalue weighted by molar-refractivity contribution is -0.115. The molecule has 0 fully saturated rings. The van der Waals surface area contributed by atoms with Crippen molar-refractivity contribution in [1.82, 2.24) is 9.97 Å². The van der Waals surface area contributed by atoms with Gasteiger partial charge in [-0.3, -0.25) is 4.79 Å². The highest BCUT2D eigenvalue weighted by Crippen LogP contribution is 2.24. The maximum atomic E-state index is 12.3. The summed E-state index contributed by atoms with van der Waals surface area (Å²) in [6.07, 6.45) is 0. The average Bonchev–Trinajstić information content (AvgIpc) is 2.88. The zero-order valence-electron chi connectivity index (χ0n) is 12.8. The second-order valence-electron chi connectivity index (χ2n) is 5.40. The Morgan fingerprint density at radius 1 is 1.09 bits per heavy atom. The van der Waals surface area contributed by atoms with Gasteiger partial charge in [0.05, 0.1) is 16.3 Å². The number of carbonyl (C=O) groups excluding carboxylic acids is 1. The predicted molar refractivity (Wildman–Crippen MR) is 94.0 cm³/mol. The summed E-state index contributed by atoms with van der Waals surface area (Å²) in [5, 5.41) is 2.66. The quantitative estimate of drug-likeness (QED) is 0.644. The molecule has 1 heterocycles. The molecule has 1 aromatic heterocycles. The van der Waals surface area contributed by atoms with Gasteiger partial charge in [0.1, 0.15) is 0 Å². The minimum absolute atomic E-state index is 0.0761. The van der Waals surface area contributed by atoms with E-state index in [0.29, 0.717) is 11.2 Å². The Bertz CT molecular complexity index is 896. The van der Waals surface area contributed by atoms with Crippen LogP contribution >= 0.6 is 11.8 Å². The lowest BCUT2D eigenvalue weighted by atomic mass is 10.2. The van der Waals surface area contributed by atoms with Gasteiger partial charge >= 0.3 is 5.69 Å². The second-order valence-corrected chi connectivity index (χ2v) is 6.82. The van der Waals surface area contributed by atoms with Crippen molar-refractivity contribution < 1.29 is 4.79 Å². The number of hydrogen-bond acceptors (Lipinski definition) is 3. The van der Waals surface area contributed by atoms with Crippen molar-refractivity contribution in [2.75, 3.05) is 5.32 Å². The Hall–Kier alpha value is -2.47. The molecule has 118 valence electrons. The number of aromatic nitrogens is 2. The standard InChI is InChI=1S/C17H17N3O2S/c1-10-3-6-13(7-4-10)23-11(2)16(21)18-12-5-8-14-15(9-12)20-17(22)19-14/h3-9,11H,1-2H3,(H,18,21)(H2,19,20,22)/t11-/m0/s1. The number of hydrogen-bond donors (Lipinski definition) is 3. The number of carbonyl (C=O) groups is 1. The minimum Gasteiger partial charge on any atom is -0.325 e. The molecule has 0 aliphatic rings. The minimum atomic E-state index is -0.258. The number of thioether (sulfide) groups is 1. The van der Waals surface area contributed by atoms with Crippen LogP contribution in [0.2, 0.25) is 0 Å². The third-order valence-corrected chi connectivity index (χ3v) is 4.60. The first kappa shape index (κ1) is 15.4. The number of benzene rings is 2. The number of nitrogens with one attached hydrogen (secondary N) is 3. The van der Waals surface area contributed by atoms with Crippen molar-refractivity contribution in [3.63, 3.8) is 0 Å².